The summed E-state index contributed by atoms with van der Waals surface area (Å²) in [6.07, 6.45) is 8.05. The fourth-order valence-corrected chi connectivity index (χ4v) is 10.1. The second-order valence-electron chi connectivity index (χ2n) is 17.7. The van der Waals surface area contributed by atoms with Crippen molar-refractivity contribution in [1.29, 1.82) is 0 Å². The van der Waals surface area contributed by atoms with Crippen LogP contribution in [0.25, 0.3) is 77.2 Å². The number of hydrogen-bond acceptors (Lipinski definition) is 2. The lowest BCUT2D eigenvalue weighted by atomic mass is 9.81. The van der Waals surface area contributed by atoms with E-state index in [2.05, 4.69) is 225 Å². The van der Waals surface area contributed by atoms with E-state index in [1.54, 1.807) is 0 Å². The highest BCUT2D eigenvalue weighted by molar-refractivity contribution is 6.06. The molecule has 0 saturated carbocycles. The second kappa shape index (κ2) is 14.8. The summed E-state index contributed by atoms with van der Waals surface area (Å²) in [7, 11) is 0. The van der Waals surface area contributed by atoms with Crippen LogP contribution in [0.1, 0.15) is 42.9 Å². The van der Waals surface area contributed by atoms with Crippen LogP contribution in [-0.2, 0) is 5.41 Å². The fraction of sp³-hybridized carbons (Fsp3) is 0.0820. The third-order valence-corrected chi connectivity index (χ3v) is 13.6. The first-order valence-electron chi connectivity index (χ1n) is 22.1. The molecule has 0 amide bonds. The molecule has 300 valence electrons. The van der Waals surface area contributed by atoms with E-state index in [1.165, 1.54) is 72.1 Å². The quantitative estimate of drug-likeness (QED) is 0.159. The van der Waals surface area contributed by atoms with E-state index in [0.717, 1.165) is 45.3 Å². The molecule has 0 radical (unpaired) electrons. The first-order chi connectivity index (χ1) is 30.9. The van der Waals surface area contributed by atoms with Crippen LogP contribution in [0.2, 0.25) is 0 Å². The number of rotatable bonds is 7. The van der Waals surface area contributed by atoms with Gasteiger partial charge in [-0.25, -0.2) is 0 Å². The molecule has 0 aliphatic heterocycles. The third kappa shape index (κ3) is 6.41. The Morgan fingerprint density at radius 1 is 0.460 bits per heavy atom. The lowest BCUT2D eigenvalue weighted by Gasteiger charge is -2.31. The van der Waals surface area contributed by atoms with E-state index in [4.69, 9.17) is 4.42 Å². The van der Waals surface area contributed by atoms with Gasteiger partial charge >= 0.3 is 0 Å². The predicted octanol–water partition coefficient (Wildman–Crippen LogP) is 16.8. The van der Waals surface area contributed by atoms with Crippen molar-refractivity contribution in [2.75, 3.05) is 4.90 Å². The Bertz CT molecular complexity index is 3440. The van der Waals surface area contributed by atoms with E-state index >= 15 is 0 Å². The molecule has 2 aliphatic carbocycles. The van der Waals surface area contributed by atoms with Crippen molar-refractivity contribution in [2.45, 2.75) is 31.6 Å². The molecule has 0 saturated heterocycles. The molecule has 1 aromatic heterocycles. The summed E-state index contributed by atoms with van der Waals surface area (Å²) in [6.45, 7) is 4.76. The molecular weight excluding hydrogens is 763 g/mol. The number of anilines is 2. The Labute approximate surface area is 368 Å². The van der Waals surface area contributed by atoms with Crippen molar-refractivity contribution in [3.63, 3.8) is 0 Å². The van der Waals surface area contributed by atoms with Crippen LogP contribution in [0.4, 0.5) is 11.4 Å². The number of furan rings is 1. The van der Waals surface area contributed by atoms with Crippen LogP contribution in [-0.4, -0.2) is 0 Å². The van der Waals surface area contributed by atoms with Gasteiger partial charge < -0.3 is 9.32 Å². The van der Waals surface area contributed by atoms with E-state index in [9.17, 15) is 0 Å². The number of nitrogens with zero attached hydrogens (tertiary/aromatic N) is 1. The van der Waals surface area contributed by atoms with Gasteiger partial charge in [0.2, 0.25) is 0 Å². The summed E-state index contributed by atoms with van der Waals surface area (Å²) in [4.78, 5) is 2.45. The maximum absolute atomic E-state index is 6.21. The monoisotopic (exact) mass is 807 g/mol. The number of benzene rings is 9. The molecule has 0 spiro atoms. The lowest BCUT2D eigenvalue weighted by molar-refractivity contribution is 0.660. The van der Waals surface area contributed by atoms with Crippen molar-refractivity contribution in [3.05, 3.63) is 241 Å². The predicted molar refractivity (Wildman–Crippen MR) is 265 cm³/mol. The largest absolute Gasteiger partial charge is 0.456 e. The molecule has 2 aliphatic rings. The van der Waals surface area contributed by atoms with Gasteiger partial charge in [0.1, 0.15) is 11.2 Å². The zero-order chi connectivity index (χ0) is 42.1. The van der Waals surface area contributed by atoms with Crippen LogP contribution in [0.15, 0.2) is 229 Å². The van der Waals surface area contributed by atoms with Crippen LogP contribution < -0.4 is 4.90 Å². The minimum atomic E-state index is -0.164. The van der Waals surface area contributed by atoms with Crippen molar-refractivity contribution < 1.29 is 4.42 Å². The van der Waals surface area contributed by atoms with Gasteiger partial charge in [-0.3, -0.25) is 0 Å². The smallest absolute Gasteiger partial charge is 0.136 e. The van der Waals surface area contributed by atoms with E-state index < -0.39 is 0 Å². The average Bonchev–Trinajstić information content (AvgIpc) is 3.83. The summed E-state index contributed by atoms with van der Waals surface area (Å²) in [5.41, 5.74) is 19.1. The molecule has 0 fully saturated rings. The molecular formula is C61H45NO. The molecule has 9 aromatic carbocycles. The van der Waals surface area contributed by atoms with Gasteiger partial charge in [-0.15, -0.1) is 0 Å². The highest BCUT2D eigenvalue weighted by Gasteiger charge is 2.36. The first-order valence-corrected chi connectivity index (χ1v) is 22.1. The van der Waals surface area contributed by atoms with Gasteiger partial charge in [-0.05, 0) is 139 Å². The lowest BCUT2D eigenvalue weighted by Crippen LogP contribution is -2.19. The van der Waals surface area contributed by atoms with Crippen LogP contribution >= 0.6 is 0 Å². The summed E-state index contributed by atoms with van der Waals surface area (Å²) < 4.78 is 6.21. The maximum atomic E-state index is 6.21. The van der Waals surface area contributed by atoms with Crippen LogP contribution in [0.3, 0.4) is 0 Å². The van der Waals surface area contributed by atoms with Gasteiger partial charge in [-0.1, -0.05) is 172 Å². The van der Waals surface area contributed by atoms with Crippen molar-refractivity contribution in [2.24, 2.45) is 0 Å². The zero-order valence-electron chi connectivity index (χ0n) is 35.4. The Hall–Kier alpha value is -7.68. The molecule has 2 heteroatoms. The average molecular weight is 808 g/mol. The fourth-order valence-electron chi connectivity index (χ4n) is 10.1. The van der Waals surface area contributed by atoms with Crippen LogP contribution in [0.5, 0.6) is 0 Å². The first kappa shape index (κ1) is 37.1. The van der Waals surface area contributed by atoms with Gasteiger partial charge in [0, 0.05) is 39.2 Å². The molecule has 1 unspecified atom stereocenters. The highest BCUT2D eigenvalue weighted by atomic mass is 16.3. The third-order valence-electron chi connectivity index (χ3n) is 13.6. The van der Waals surface area contributed by atoms with Gasteiger partial charge in [0.05, 0.1) is 0 Å². The Morgan fingerprint density at radius 3 is 1.84 bits per heavy atom. The van der Waals surface area contributed by atoms with Gasteiger partial charge in [-0.2, -0.15) is 0 Å². The minimum Gasteiger partial charge on any atom is -0.456 e. The molecule has 1 atom stereocenters. The number of para-hydroxylation sites is 1. The zero-order valence-corrected chi connectivity index (χ0v) is 35.4. The molecule has 0 N–H and O–H groups in total. The Balaban J connectivity index is 0.869. The standard InChI is InChI=1S/C61H45NO/c1-61(2)57-37-48(40-10-4-3-5-11-40)26-33-53(57)54-35-32-52(39-58(54)61)62(51-30-24-45(25-31-51)47-21-20-41-12-6-7-13-46(41)36-47)50-28-22-43(23-29-50)42-16-18-44(19-17-42)49-27-34-56-55-14-8-9-15-59(55)63-60(56)38-49/h3-22,24-39,43H,23H2,1-2H3. The number of allylic oxidation sites excluding steroid dienone is 3. The summed E-state index contributed by atoms with van der Waals surface area (Å²) >= 11 is 0. The molecule has 2 nitrogen and oxygen atoms in total. The van der Waals surface area contributed by atoms with Gasteiger partial charge in [0.25, 0.3) is 0 Å². The number of fused-ring (bicyclic) bond motifs is 7. The van der Waals surface area contributed by atoms with Gasteiger partial charge in [0.15, 0.2) is 0 Å². The topological polar surface area (TPSA) is 16.4 Å². The van der Waals surface area contributed by atoms with E-state index in [1.807, 2.05) is 12.1 Å². The van der Waals surface area contributed by atoms with Crippen molar-refractivity contribution >= 4 is 44.1 Å². The normalized spacial score (nSPS) is 15.1. The molecule has 12 rings (SSSR count). The second-order valence-corrected chi connectivity index (χ2v) is 17.7. The summed E-state index contributed by atoms with van der Waals surface area (Å²) in [5, 5.41) is 4.82. The molecule has 1 heterocycles. The minimum absolute atomic E-state index is 0.164. The van der Waals surface area contributed by atoms with E-state index in [-0.39, 0.29) is 11.3 Å². The molecule has 63 heavy (non-hydrogen) atoms. The Morgan fingerprint density at radius 2 is 1.05 bits per heavy atom. The van der Waals surface area contributed by atoms with E-state index in [0.29, 0.717) is 0 Å². The number of hydrogen-bond donors (Lipinski definition) is 0. The molecule has 0 bridgehead atoms. The molecule has 10 aromatic rings. The summed E-state index contributed by atoms with van der Waals surface area (Å²) in [6, 6.07) is 73.2. The highest BCUT2D eigenvalue weighted by Crippen LogP contribution is 2.51. The SMILES string of the molecule is CC1(C)c2cc(-c3ccccc3)ccc2-c2ccc(N(C3=CCC(c4ccc(-c5ccc6c(c5)oc5ccccc56)cc4)C=C3)c3ccc(-c4ccc5ccccc5c4)cc3)cc21. The summed E-state index contributed by atoms with van der Waals surface area (Å²) in [5.74, 6) is 0.282. The Kier molecular flexibility index (Phi) is 8.69. The van der Waals surface area contributed by atoms with Crippen molar-refractivity contribution in [3.8, 4) is 44.5 Å². The van der Waals surface area contributed by atoms with Crippen molar-refractivity contribution in [1.82, 2.24) is 0 Å². The van der Waals surface area contributed by atoms with Crippen LogP contribution in [0, 0.1) is 0 Å². The maximum Gasteiger partial charge on any atom is 0.136 e.